The normalized spacial score (nSPS) is 14.7. The second-order valence-corrected chi connectivity index (χ2v) is 4.24. The van der Waals surface area contributed by atoms with Gasteiger partial charge in [0.15, 0.2) is 0 Å². The maximum atomic E-state index is 6.18. The molecule has 90 valence electrons. The van der Waals surface area contributed by atoms with Crippen LogP contribution in [-0.2, 0) is 11.3 Å². The lowest BCUT2D eigenvalue weighted by molar-refractivity contribution is 0.128. The van der Waals surface area contributed by atoms with Gasteiger partial charge in [0.05, 0.1) is 12.1 Å². The third-order valence-electron chi connectivity index (χ3n) is 2.78. The summed E-state index contributed by atoms with van der Waals surface area (Å²) < 4.78 is 5.14. The van der Waals surface area contributed by atoms with Crippen LogP contribution in [0.3, 0.4) is 0 Å². The van der Waals surface area contributed by atoms with Crippen LogP contribution in [0.1, 0.15) is 18.9 Å². The number of methoxy groups -OCH3 is 1. The SMILES string of the molecule is CCC(N)(CNCc1ccccc1)COC. The lowest BCUT2D eigenvalue weighted by atomic mass is 9.99. The van der Waals surface area contributed by atoms with Gasteiger partial charge in [-0.1, -0.05) is 37.3 Å². The average Bonchev–Trinajstić information content (AvgIpc) is 2.31. The lowest BCUT2D eigenvalue weighted by Crippen LogP contribution is -2.51. The van der Waals surface area contributed by atoms with E-state index in [2.05, 4.69) is 24.4 Å². The second-order valence-electron chi connectivity index (χ2n) is 4.24. The fourth-order valence-corrected chi connectivity index (χ4v) is 1.62. The molecule has 1 rings (SSSR count). The summed E-state index contributed by atoms with van der Waals surface area (Å²) in [4.78, 5) is 0. The predicted molar refractivity (Wildman–Crippen MR) is 67.2 cm³/mol. The van der Waals surface area contributed by atoms with Crippen LogP contribution < -0.4 is 11.1 Å². The van der Waals surface area contributed by atoms with E-state index >= 15 is 0 Å². The minimum atomic E-state index is -0.260. The second kappa shape index (κ2) is 6.63. The van der Waals surface area contributed by atoms with E-state index in [1.54, 1.807) is 7.11 Å². The van der Waals surface area contributed by atoms with E-state index in [0.29, 0.717) is 6.61 Å². The molecule has 3 N–H and O–H groups in total. The quantitative estimate of drug-likeness (QED) is 0.735. The summed E-state index contributed by atoms with van der Waals surface area (Å²) in [6.45, 7) is 4.30. The molecule has 3 heteroatoms. The molecule has 0 bridgehead atoms. The Balaban J connectivity index is 2.34. The van der Waals surface area contributed by atoms with Crippen molar-refractivity contribution in [1.82, 2.24) is 5.32 Å². The first-order chi connectivity index (χ1) is 7.70. The smallest absolute Gasteiger partial charge is 0.0654 e. The Morgan fingerprint density at radius 2 is 2.00 bits per heavy atom. The van der Waals surface area contributed by atoms with Crippen molar-refractivity contribution in [2.75, 3.05) is 20.3 Å². The van der Waals surface area contributed by atoms with E-state index in [-0.39, 0.29) is 5.54 Å². The van der Waals surface area contributed by atoms with Crippen molar-refractivity contribution >= 4 is 0 Å². The van der Waals surface area contributed by atoms with Crippen molar-refractivity contribution in [3.05, 3.63) is 35.9 Å². The Labute approximate surface area is 98.0 Å². The number of rotatable bonds is 7. The number of benzene rings is 1. The Morgan fingerprint density at radius 1 is 1.31 bits per heavy atom. The van der Waals surface area contributed by atoms with Crippen LogP contribution in [0, 0.1) is 0 Å². The summed E-state index contributed by atoms with van der Waals surface area (Å²) >= 11 is 0. The van der Waals surface area contributed by atoms with E-state index in [4.69, 9.17) is 10.5 Å². The van der Waals surface area contributed by atoms with Gasteiger partial charge in [-0.25, -0.2) is 0 Å². The first-order valence-corrected chi connectivity index (χ1v) is 5.72. The van der Waals surface area contributed by atoms with E-state index in [1.165, 1.54) is 5.56 Å². The van der Waals surface area contributed by atoms with Crippen LogP contribution in [0.15, 0.2) is 30.3 Å². The molecule has 0 aliphatic heterocycles. The summed E-state index contributed by atoms with van der Waals surface area (Å²) in [6, 6.07) is 10.3. The lowest BCUT2D eigenvalue weighted by Gasteiger charge is -2.27. The van der Waals surface area contributed by atoms with Gasteiger partial charge in [0, 0.05) is 20.2 Å². The van der Waals surface area contributed by atoms with Crippen molar-refractivity contribution in [3.8, 4) is 0 Å². The molecule has 3 nitrogen and oxygen atoms in total. The highest BCUT2D eigenvalue weighted by Gasteiger charge is 2.21. The summed E-state index contributed by atoms with van der Waals surface area (Å²) in [6.07, 6.45) is 0.905. The van der Waals surface area contributed by atoms with Crippen LogP contribution in [-0.4, -0.2) is 25.8 Å². The monoisotopic (exact) mass is 222 g/mol. The molecule has 1 aromatic rings. The molecule has 0 aromatic heterocycles. The standard InChI is InChI=1S/C13H22N2O/c1-3-13(14,11-16-2)10-15-9-12-7-5-4-6-8-12/h4-8,15H,3,9-11,14H2,1-2H3. The molecular weight excluding hydrogens is 200 g/mol. The molecular formula is C13H22N2O. The topological polar surface area (TPSA) is 47.3 Å². The molecule has 0 fully saturated rings. The van der Waals surface area contributed by atoms with Crippen molar-refractivity contribution in [2.45, 2.75) is 25.4 Å². The molecule has 0 aliphatic carbocycles. The van der Waals surface area contributed by atoms with Gasteiger partial charge in [0.25, 0.3) is 0 Å². The summed E-state index contributed by atoms with van der Waals surface area (Å²) in [5.74, 6) is 0. The minimum absolute atomic E-state index is 0.260. The zero-order chi connectivity index (χ0) is 11.9. The molecule has 0 heterocycles. The number of hydrogen-bond acceptors (Lipinski definition) is 3. The van der Waals surface area contributed by atoms with E-state index < -0.39 is 0 Å². The number of hydrogen-bond donors (Lipinski definition) is 2. The van der Waals surface area contributed by atoms with Gasteiger partial charge in [-0.05, 0) is 12.0 Å². The molecule has 0 radical (unpaired) electrons. The molecule has 0 saturated heterocycles. The summed E-state index contributed by atoms with van der Waals surface area (Å²) in [7, 11) is 1.69. The first-order valence-electron chi connectivity index (χ1n) is 5.72. The van der Waals surface area contributed by atoms with Crippen LogP contribution in [0.25, 0.3) is 0 Å². The fourth-order valence-electron chi connectivity index (χ4n) is 1.62. The third-order valence-corrected chi connectivity index (χ3v) is 2.78. The highest BCUT2D eigenvalue weighted by molar-refractivity contribution is 5.14. The highest BCUT2D eigenvalue weighted by Crippen LogP contribution is 2.06. The first kappa shape index (κ1) is 13.2. The fraction of sp³-hybridized carbons (Fsp3) is 0.538. The van der Waals surface area contributed by atoms with Crippen molar-refractivity contribution < 1.29 is 4.74 Å². The molecule has 0 saturated carbocycles. The predicted octanol–water partition coefficient (Wildman–Crippen LogP) is 1.53. The molecule has 0 spiro atoms. The molecule has 0 amide bonds. The van der Waals surface area contributed by atoms with E-state index in [1.807, 2.05) is 18.2 Å². The van der Waals surface area contributed by atoms with Crippen LogP contribution >= 0.6 is 0 Å². The van der Waals surface area contributed by atoms with Crippen molar-refractivity contribution in [3.63, 3.8) is 0 Å². The van der Waals surface area contributed by atoms with Crippen LogP contribution in [0.5, 0.6) is 0 Å². The van der Waals surface area contributed by atoms with Crippen molar-refractivity contribution in [2.24, 2.45) is 5.73 Å². The summed E-state index contributed by atoms with van der Waals surface area (Å²) in [5, 5.41) is 3.37. The number of nitrogens with two attached hydrogens (primary N) is 1. The van der Waals surface area contributed by atoms with Crippen molar-refractivity contribution in [1.29, 1.82) is 0 Å². The molecule has 1 aromatic carbocycles. The van der Waals surface area contributed by atoms with Crippen LogP contribution in [0.4, 0.5) is 0 Å². The van der Waals surface area contributed by atoms with Gasteiger partial charge in [-0.3, -0.25) is 0 Å². The zero-order valence-corrected chi connectivity index (χ0v) is 10.2. The molecule has 0 aliphatic rings. The maximum Gasteiger partial charge on any atom is 0.0654 e. The number of ether oxygens (including phenoxy) is 1. The van der Waals surface area contributed by atoms with Gasteiger partial charge in [-0.2, -0.15) is 0 Å². The number of nitrogens with one attached hydrogen (secondary N) is 1. The van der Waals surface area contributed by atoms with Gasteiger partial charge in [0.1, 0.15) is 0 Å². The average molecular weight is 222 g/mol. The molecule has 16 heavy (non-hydrogen) atoms. The molecule has 1 unspecified atom stereocenters. The third kappa shape index (κ3) is 4.31. The Morgan fingerprint density at radius 3 is 2.56 bits per heavy atom. The van der Waals surface area contributed by atoms with E-state index in [0.717, 1.165) is 19.5 Å². The minimum Gasteiger partial charge on any atom is -0.383 e. The van der Waals surface area contributed by atoms with Crippen LogP contribution in [0.2, 0.25) is 0 Å². The Bertz CT molecular complexity index is 289. The van der Waals surface area contributed by atoms with Gasteiger partial charge >= 0.3 is 0 Å². The Kier molecular flexibility index (Phi) is 5.46. The summed E-state index contributed by atoms with van der Waals surface area (Å²) in [5.41, 5.74) is 7.20. The van der Waals surface area contributed by atoms with Gasteiger partial charge < -0.3 is 15.8 Å². The van der Waals surface area contributed by atoms with E-state index in [9.17, 15) is 0 Å². The Hall–Kier alpha value is -0.900. The maximum absolute atomic E-state index is 6.18. The largest absolute Gasteiger partial charge is 0.383 e. The van der Waals surface area contributed by atoms with Gasteiger partial charge in [0.2, 0.25) is 0 Å². The highest BCUT2D eigenvalue weighted by atomic mass is 16.5. The molecule has 1 atom stereocenters. The van der Waals surface area contributed by atoms with Gasteiger partial charge in [-0.15, -0.1) is 0 Å². The zero-order valence-electron chi connectivity index (χ0n) is 10.2.